The topological polar surface area (TPSA) is 678 Å². The highest BCUT2D eigenvalue weighted by Gasteiger charge is 2.65. The van der Waals surface area contributed by atoms with Crippen molar-refractivity contribution in [2.24, 2.45) is 35.0 Å². The molecule has 6 amide bonds. The molecule has 3 fully saturated rings. The van der Waals surface area contributed by atoms with Gasteiger partial charge in [0.15, 0.2) is 28.7 Å². The van der Waals surface area contributed by atoms with Gasteiger partial charge in [-0.1, -0.05) is 103 Å². The van der Waals surface area contributed by atoms with Crippen LogP contribution in [-0.2, 0) is 143 Å². The van der Waals surface area contributed by atoms with E-state index in [1.54, 1.807) is 82.8 Å². The molecule has 3 aromatic carbocycles. The maximum Gasteiger partial charge on any atom is 0.409 e. The highest BCUT2D eigenvalue weighted by atomic mass is 35.5. The van der Waals surface area contributed by atoms with Crippen molar-refractivity contribution in [1.29, 1.82) is 0 Å². The lowest BCUT2D eigenvalue weighted by Crippen LogP contribution is -2.63. The number of esters is 1. The zero-order valence-electron chi connectivity index (χ0n) is 87.8. The van der Waals surface area contributed by atoms with Crippen LogP contribution in [0.1, 0.15) is 125 Å². The normalized spacial score (nSPS) is 22.8. The summed E-state index contributed by atoms with van der Waals surface area (Å²) in [6, 6.07) is 11.6. The average molecular weight is 2380 g/mol. The molecule has 3 saturated heterocycles. The first kappa shape index (κ1) is 139. The number of halogens is 5. The molecule has 19 atom stereocenters. The number of fused-ring (bicyclic) bond motifs is 5. The van der Waals surface area contributed by atoms with Crippen molar-refractivity contribution in [3.63, 3.8) is 0 Å². The number of hydrogen-bond acceptors (Lipinski definition) is 39. The third-order valence-electron chi connectivity index (χ3n) is 23.5. The molecule has 59 heteroatoms. The van der Waals surface area contributed by atoms with Crippen LogP contribution in [0, 0.1) is 35.0 Å². The number of epoxide rings is 1. The molecule has 3 aromatic rings. The molecule has 4 aliphatic heterocycles. The summed E-state index contributed by atoms with van der Waals surface area (Å²) < 4.78 is 186. The van der Waals surface area contributed by atoms with Gasteiger partial charge >= 0.3 is 19.7 Å². The Morgan fingerprint density at radius 3 is 1.66 bits per heavy atom. The number of anilines is 1. The number of nitrogens with one attached hydrogen (secondary N) is 5. The summed E-state index contributed by atoms with van der Waals surface area (Å²) in [5.41, 5.74) is 1.87. The number of carbonyl (C=O) groups is 7. The number of rotatable bonds is 43. The molecule has 0 radical (unpaired) electrons. The number of amides is 6. The van der Waals surface area contributed by atoms with Crippen molar-refractivity contribution < 1.29 is 176 Å². The minimum atomic E-state index is -4.30. The summed E-state index contributed by atoms with van der Waals surface area (Å²) in [4.78, 5) is 92.7. The van der Waals surface area contributed by atoms with Gasteiger partial charge in [-0.25, -0.2) is 24.8 Å². The number of carbonyl (C=O) groups excluding carboxylic acids is 7. The fraction of sp³-hybridized carbons (Fsp3) is 0.681. The quantitative estimate of drug-likeness (QED) is 0.00332. The summed E-state index contributed by atoms with van der Waals surface area (Å²) in [6.45, 7) is 22.3. The molecular weight excluding hydrogens is 2230 g/mol. The number of hydroxylamine groups is 1. The monoisotopic (exact) mass is 2370 g/mol. The first-order valence-electron chi connectivity index (χ1n) is 46.7. The maximum absolute atomic E-state index is 14.0. The van der Waals surface area contributed by atoms with E-state index >= 15 is 0 Å². The van der Waals surface area contributed by atoms with E-state index in [9.17, 15) is 121 Å². The molecule has 0 aliphatic carbocycles. The summed E-state index contributed by atoms with van der Waals surface area (Å²) in [5, 5.41) is 98.8. The van der Waals surface area contributed by atoms with E-state index in [1.807, 2.05) is 46.0 Å². The predicted molar refractivity (Wildman–Crippen MR) is 565 cm³/mol. The van der Waals surface area contributed by atoms with Crippen LogP contribution in [0.2, 0.25) is 5.02 Å². The molecule has 7 rings (SSSR count). The Kier molecular flexibility index (Phi) is 59.2. The number of ether oxygens (including phenoxy) is 5. The number of alkyl halides is 4. The zero-order chi connectivity index (χ0) is 115. The molecule has 4 bridgehead atoms. The van der Waals surface area contributed by atoms with Gasteiger partial charge in [0.05, 0.1) is 87.2 Å². The van der Waals surface area contributed by atoms with Crippen molar-refractivity contribution >= 4 is 175 Å². The predicted octanol–water partition coefficient (Wildman–Crippen LogP) is 6.47. The molecule has 862 valence electrons. The van der Waals surface area contributed by atoms with Gasteiger partial charge in [0.25, 0.3) is 56.5 Å². The van der Waals surface area contributed by atoms with E-state index in [4.69, 9.17) is 96.0 Å². The Labute approximate surface area is 908 Å². The molecule has 4 aliphatic rings. The van der Waals surface area contributed by atoms with Crippen molar-refractivity contribution in [2.75, 3.05) is 153 Å². The summed E-state index contributed by atoms with van der Waals surface area (Å²) in [6.07, 6.45) is -4.60. The number of aliphatic hydroxyl groups is 4. The summed E-state index contributed by atoms with van der Waals surface area (Å²) in [7, 11) is -14.6. The standard InChI is InChI=1S/C34H46ClN3O10.C18H22O4.C15H29N3O5.C10H22O14S4.C9H19Cl2N2O5PS2.C5H11Cl2N/c1-18-11-10-12-26(45-9)34(43)17-25(46-32(42)36-34)19(2)30-33(5,48-30)27(47-31(41)20(3)37(6)21(4)39)16-28(40)38(7)23-14-22(13-18)15-24(44-8)29(23)35;1-11(7-13-3-5-15(19)17(21)9-13)12(2)8-14-4-6-16(20)18(22)10-14;1-8(2)7-9(10(19)13(21)18-23)12(20)17-11(14(22)16-6)15(3,4)5;1-25(13,14)21-5-7(23-27(3,17)18)9(11)10(12)8(24-28(4,19)20)6-22-26(2,15)16;10-2-4-13(5-3-11)19(14)12-9(1-6-18-19)20-7-8-21(15,16)17;1-8(4-2-6)5-3-7/h10-12,14-15,19-20,25-27,30,43H,13,16-17H2,1-9H3,(H,36,42);3-6,9-12,19-22H,7-8H2,1-2H3;8-11,19,23H,7H2,1-6H3,(H,16,22)(H,17,20)(H,18,21);7-12H,5-6H2,1-4H3;9H,1-8H2,(H,12,14)(H,15,16,17);2-5H2,1H3/b12-10-,18-11-;;;;;/t19-,20+,25+,26-,27+,30+,33+,34+;11-,12+;9-,10+,11-;7-,8-,9-,10-;9-,19-;/m1.111./s1. The van der Waals surface area contributed by atoms with Crippen LogP contribution in [0.3, 0.4) is 0 Å². The third-order valence-corrected chi connectivity index (χ3v) is 31.5. The molecule has 0 saturated carbocycles. The number of phenolic OH excluding ortho intramolecular Hbond substituents is 4. The fourth-order valence-electron chi connectivity index (χ4n) is 14.8. The zero-order valence-corrected chi connectivity index (χ0v) is 97.4. The molecular formula is C91H149Cl5N9O38PS6. The Morgan fingerprint density at radius 1 is 0.740 bits per heavy atom. The van der Waals surface area contributed by atoms with Crippen LogP contribution < -0.4 is 36.2 Å². The maximum atomic E-state index is 14.0. The number of allylic oxidation sites excluding steroid dienone is 3. The van der Waals surface area contributed by atoms with Crippen molar-refractivity contribution in [3.05, 3.63) is 94.0 Å². The molecule has 47 nitrogen and oxygen atoms in total. The van der Waals surface area contributed by atoms with Crippen LogP contribution >= 0.6 is 77.4 Å². The highest BCUT2D eigenvalue weighted by Crippen LogP contribution is 2.52. The van der Waals surface area contributed by atoms with E-state index in [2.05, 4.69) is 56.5 Å². The number of likely N-dealkylation sites (N-methyl/N-ethyl adjacent to an activating group) is 2. The Bertz CT molecular complexity index is 5450. The van der Waals surface area contributed by atoms with Gasteiger partial charge in [-0.3, -0.25) is 60.3 Å². The number of nitrogens with zero attached hydrogens (tertiary/aromatic N) is 4. The van der Waals surface area contributed by atoms with Gasteiger partial charge in [0.2, 0.25) is 23.6 Å². The number of aliphatic hydroxyl groups excluding tert-OH is 3. The van der Waals surface area contributed by atoms with E-state index in [0.29, 0.717) is 104 Å². The van der Waals surface area contributed by atoms with Crippen molar-refractivity contribution in [2.45, 2.75) is 212 Å². The molecule has 0 spiro atoms. The fourth-order valence-corrected chi connectivity index (χ4v) is 22.8. The van der Waals surface area contributed by atoms with E-state index in [-0.39, 0.29) is 81.9 Å². The Hall–Kier alpha value is -6.63. The van der Waals surface area contributed by atoms with Gasteiger partial charge in [-0.05, 0) is 136 Å². The second-order valence-electron chi connectivity index (χ2n) is 37.7. The molecule has 15 N–H and O–H groups in total. The van der Waals surface area contributed by atoms with Gasteiger partial charge in [0.1, 0.15) is 77.3 Å². The number of benzene rings is 3. The smallest absolute Gasteiger partial charge is 0.409 e. The number of aromatic hydroxyl groups is 4. The minimum Gasteiger partial charge on any atom is -0.504 e. The molecule has 0 aromatic heterocycles. The van der Waals surface area contributed by atoms with Crippen LogP contribution in [0.4, 0.5) is 10.5 Å². The summed E-state index contributed by atoms with van der Waals surface area (Å²) >= 11 is 30.3. The SMILES string of the molecule is CN(CCCl)CCCl.CNC(=O)[C@@H](NC(=O)[C@H](CC(C)C)[C@H](O)C(=O)NO)C(C)(C)C.COc1cc2cc(c1Cl)N(C)C(=O)C[C@H](OC(=O)[C@H](C)N(C)C(C)=O)[C@]1(C)O[C@H]1[C@H](C)[C@@H]1C[C@@](O)(NC(=O)O1)[C@H](OC)/C=C\C=C(\C)C2.CS(=O)(=O)OC[C@@H](OS(C)(=O)=O)[C@@H](O)[C@H](O)[C@@H](COS(C)(=O)=O)OS(C)(=O)=O.C[C@H](Cc1ccc(O)c(O)c1)[C@@H](C)Cc1ccc(O)c(O)c1.O=[P@]1(N(CCCl)CCCl)N[C@H](SCCS(=O)(=O)O)CCO1. The second kappa shape index (κ2) is 63.7. The number of alkyl carbamates (subject to hydrolysis) is 1. The van der Waals surface area contributed by atoms with E-state index in [1.165, 1.54) is 81.3 Å². The van der Waals surface area contributed by atoms with E-state index < -0.39 is 197 Å². The van der Waals surface area contributed by atoms with Crippen LogP contribution in [-0.4, -0.2) is 381 Å². The third kappa shape index (κ3) is 49.4. The molecule has 150 heavy (non-hydrogen) atoms. The average Bonchev–Trinajstić information content (AvgIpc) is 1.57. The van der Waals surface area contributed by atoms with Crippen LogP contribution in [0.5, 0.6) is 28.7 Å². The van der Waals surface area contributed by atoms with Crippen LogP contribution in [0.15, 0.2) is 72.3 Å². The number of phenols is 4. The number of hydrogen-bond donors (Lipinski definition) is 15. The lowest BCUT2D eigenvalue weighted by Gasteiger charge is -2.42. The number of thioether (sulfide) groups is 1. The van der Waals surface area contributed by atoms with Gasteiger partial charge in [-0.2, -0.15) is 42.1 Å². The number of methoxy groups -OCH3 is 2. The lowest BCUT2D eigenvalue weighted by atomic mass is 9.83. The van der Waals surface area contributed by atoms with Gasteiger partial charge < -0.3 is 94.4 Å². The minimum absolute atomic E-state index is 0.0278. The van der Waals surface area contributed by atoms with Crippen molar-refractivity contribution in [1.82, 2.24) is 41.0 Å². The first-order chi connectivity index (χ1) is 69.1. The largest absolute Gasteiger partial charge is 0.504 e. The lowest BCUT2D eigenvalue weighted by molar-refractivity contribution is -0.161. The first-order valence-corrected chi connectivity index (χ1v) is 60.7. The van der Waals surface area contributed by atoms with Gasteiger partial charge in [0, 0.05) is 103 Å². The van der Waals surface area contributed by atoms with Crippen LogP contribution in [0.25, 0.3) is 0 Å². The highest BCUT2D eigenvalue weighted by molar-refractivity contribution is 8.01. The van der Waals surface area contributed by atoms with Gasteiger partial charge in [-0.15, -0.1) is 58.2 Å². The summed E-state index contributed by atoms with van der Waals surface area (Å²) in [5.74, 6) is -2.56. The second-order valence-corrected chi connectivity index (χ2v) is 51.1. The Morgan fingerprint density at radius 2 is 1.24 bits per heavy atom. The molecule has 4 heterocycles. The molecule has 0 unspecified atom stereocenters. The van der Waals surface area contributed by atoms with Crippen molar-refractivity contribution in [3.8, 4) is 28.7 Å². The Balaban J connectivity index is 0.000000647. The van der Waals surface area contributed by atoms with E-state index in [0.717, 1.165) is 48.2 Å².